The molecule has 6 heteroatoms. The summed E-state index contributed by atoms with van der Waals surface area (Å²) in [5, 5.41) is 3.00. The zero-order valence-corrected chi connectivity index (χ0v) is 13.8. The minimum absolute atomic E-state index is 0.00443. The molecular weight excluding hydrogens is 272 g/mol. The van der Waals surface area contributed by atoms with E-state index in [-0.39, 0.29) is 24.2 Å². The van der Waals surface area contributed by atoms with Crippen LogP contribution >= 0.6 is 0 Å². The quantitative estimate of drug-likeness (QED) is 0.542. The summed E-state index contributed by atoms with van der Waals surface area (Å²) in [6.07, 6.45) is 2.08. The van der Waals surface area contributed by atoms with Gasteiger partial charge in [-0.2, -0.15) is 0 Å². The monoisotopic (exact) mass is 302 g/mol. The fourth-order valence-electron chi connectivity index (χ4n) is 2.10. The minimum Gasteiger partial charge on any atom is -0.385 e. The lowest BCUT2D eigenvalue weighted by molar-refractivity contribution is -0.135. The number of likely N-dealkylation sites (N-methyl/N-ethyl adjacent to an activating group) is 1. The molecule has 0 saturated heterocycles. The lowest BCUT2D eigenvalue weighted by Crippen LogP contribution is -2.40. The highest BCUT2D eigenvalue weighted by Gasteiger charge is 2.20. The van der Waals surface area contributed by atoms with Gasteiger partial charge in [-0.3, -0.25) is 9.59 Å². The molecule has 0 bridgehead atoms. The molecule has 0 aliphatic rings. The first-order valence-corrected chi connectivity index (χ1v) is 7.44. The van der Waals surface area contributed by atoms with E-state index in [2.05, 4.69) is 5.32 Å². The lowest BCUT2D eigenvalue weighted by atomic mass is 9.97. The summed E-state index contributed by atoms with van der Waals surface area (Å²) in [5.74, 6) is 0.254. The van der Waals surface area contributed by atoms with Crippen molar-refractivity contribution in [3.63, 3.8) is 0 Å². The Morgan fingerprint density at radius 3 is 2.14 bits per heavy atom. The van der Waals surface area contributed by atoms with Crippen molar-refractivity contribution in [2.24, 2.45) is 5.92 Å². The highest BCUT2D eigenvalue weighted by molar-refractivity contribution is 5.84. The number of nitrogens with zero attached hydrogens (tertiary/aromatic N) is 1. The van der Waals surface area contributed by atoms with E-state index in [1.54, 1.807) is 19.1 Å². The van der Waals surface area contributed by atoms with Crippen molar-refractivity contribution >= 4 is 11.7 Å². The molecule has 0 aliphatic carbocycles. The molecule has 0 aliphatic heterocycles. The molecular formula is C15H30N2O4. The largest absolute Gasteiger partial charge is 0.385 e. The number of methoxy groups -OCH3 is 2. The van der Waals surface area contributed by atoms with Crippen molar-refractivity contribution in [2.45, 2.75) is 26.2 Å². The summed E-state index contributed by atoms with van der Waals surface area (Å²) in [5.41, 5.74) is 0. The molecule has 0 aromatic carbocycles. The molecule has 0 spiro atoms. The number of hydrogen-bond donors (Lipinski definition) is 1. The van der Waals surface area contributed by atoms with Gasteiger partial charge in [-0.05, 0) is 32.7 Å². The molecule has 21 heavy (non-hydrogen) atoms. The third kappa shape index (κ3) is 10.4. The van der Waals surface area contributed by atoms with E-state index in [1.165, 1.54) is 6.92 Å². The highest BCUT2D eigenvalue weighted by atomic mass is 16.5. The average Bonchev–Trinajstić information content (AvgIpc) is 2.45. The highest BCUT2D eigenvalue weighted by Crippen LogP contribution is 2.15. The van der Waals surface area contributed by atoms with Crippen LogP contribution in [0.4, 0.5) is 0 Å². The van der Waals surface area contributed by atoms with E-state index in [9.17, 15) is 9.59 Å². The van der Waals surface area contributed by atoms with Crippen LogP contribution in [0.1, 0.15) is 26.2 Å². The molecule has 0 radical (unpaired) electrons. The van der Waals surface area contributed by atoms with E-state index in [0.717, 1.165) is 12.8 Å². The van der Waals surface area contributed by atoms with E-state index < -0.39 is 0 Å². The van der Waals surface area contributed by atoms with Crippen LogP contribution in [0.25, 0.3) is 0 Å². The zero-order chi connectivity index (χ0) is 16.1. The Morgan fingerprint density at radius 1 is 1.14 bits per heavy atom. The second kappa shape index (κ2) is 12.7. The summed E-state index contributed by atoms with van der Waals surface area (Å²) < 4.78 is 10.2. The SMILES string of the molecule is CNCCN(CC(C)=O)C(=O)CC(CCOC)CCOC. The number of rotatable bonds is 13. The molecule has 124 valence electrons. The number of nitrogens with one attached hydrogen (secondary N) is 1. The third-order valence-corrected chi connectivity index (χ3v) is 3.32. The fraction of sp³-hybridized carbons (Fsp3) is 0.867. The Balaban J connectivity index is 4.50. The van der Waals surface area contributed by atoms with E-state index in [0.29, 0.717) is 32.7 Å². The molecule has 0 atom stereocenters. The standard InChI is InChI=1S/C15H30N2O4/c1-13(18)12-17(8-7-16-2)15(19)11-14(5-9-20-3)6-10-21-4/h14,16H,5-12H2,1-4H3. The number of amides is 1. The Bertz CT molecular complexity index is 289. The van der Waals surface area contributed by atoms with Crippen molar-refractivity contribution in [3.05, 3.63) is 0 Å². The van der Waals surface area contributed by atoms with Gasteiger partial charge in [0, 0.05) is 46.9 Å². The third-order valence-electron chi connectivity index (χ3n) is 3.32. The number of hydrogen-bond acceptors (Lipinski definition) is 5. The molecule has 0 saturated carbocycles. The summed E-state index contributed by atoms with van der Waals surface area (Å²) in [6.45, 7) is 4.18. The Hall–Kier alpha value is -0.980. The van der Waals surface area contributed by atoms with Gasteiger partial charge in [0.05, 0.1) is 6.54 Å². The summed E-state index contributed by atoms with van der Waals surface area (Å²) in [6, 6.07) is 0. The molecule has 0 fully saturated rings. The van der Waals surface area contributed by atoms with Crippen LogP contribution in [0.5, 0.6) is 0 Å². The van der Waals surface area contributed by atoms with Gasteiger partial charge in [0.15, 0.2) is 0 Å². The van der Waals surface area contributed by atoms with E-state index >= 15 is 0 Å². The summed E-state index contributed by atoms with van der Waals surface area (Å²) >= 11 is 0. The van der Waals surface area contributed by atoms with Crippen LogP contribution < -0.4 is 5.32 Å². The normalized spacial score (nSPS) is 10.9. The Kier molecular flexibility index (Phi) is 12.1. The van der Waals surface area contributed by atoms with Gasteiger partial charge in [0.1, 0.15) is 5.78 Å². The van der Waals surface area contributed by atoms with Crippen LogP contribution in [0.2, 0.25) is 0 Å². The molecule has 0 rings (SSSR count). The van der Waals surface area contributed by atoms with E-state index in [1.807, 2.05) is 7.05 Å². The van der Waals surface area contributed by atoms with E-state index in [4.69, 9.17) is 9.47 Å². The van der Waals surface area contributed by atoms with Crippen molar-refractivity contribution < 1.29 is 19.1 Å². The van der Waals surface area contributed by atoms with Crippen LogP contribution in [0, 0.1) is 5.92 Å². The first-order chi connectivity index (χ1) is 10.0. The first kappa shape index (κ1) is 20.0. The average molecular weight is 302 g/mol. The van der Waals surface area contributed by atoms with Crippen molar-refractivity contribution in [1.82, 2.24) is 10.2 Å². The predicted molar refractivity (Wildman–Crippen MR) is 82.3 cm³/mol. The van der Waals surface area contributed by atoms with Crippen LogP contribution in [-0.4, -0.2) is 70.7 Å². The number of Topliss-reactive ketones (excluding diaryl/α,β-unsaturated/α-hetero) is 1. The molecule has 0 aromatic rings. The van der Waals surface area contributed by atoms with Gasteiger partial charge in [0.2, 0.25) is 5.91 Å². The maximum atomic E-state index is 12.4. The molecule has 0 aromatic heterocycles. The second-order valence-corrected chi connectivity index (χ2v) is 5.25. The summed E-state index contributed by atoms with van der Waals surface area (Å²) in [7, 11) is 5.14. The molecule has 1 N–H and O–H groups in total. The van der Waals surface area contributed by atoms with Crippen LogP contribution in [0.3, 0.4) is 0 Å². The zero-order valence-electron chi connectivity index (χ0n) is 13.8. The van der Waals surface area contributed by atoms with Crippen molar-refractivity contribution in [1.29, 1.82) is 0 Å². The topological polar surface area (TPSA) is 67.9 Å². The van der Waals surface area contributed by atoms with Gasteiger partial charge in [-0.25, -0.2) is 0 Å². The Labute approximate surface area is 128 Å². The molecule has 6 nitrogen and oxygen atoms in total. The van der Waals surface area contributed by atoms with Gasteiger partial charge >= 0.3 is 0 Å². The van der Waals surface area contributed by atoms with Gasteiger partial charge in [-0.1, -0.05) is 0 Å². The number of carbonyl (C=O) groups excluding carboxylic acids is 2. The minimum atomic E-state index is 0.00443. The van der Waals surface area contributed by atoms with Crippen LogP contribution in [-0.2, 0) is 19.1 Å². The predicted octanol–water partition coefficient (Wildman–Crippen LogP) is 0.703. The molecule has 1 amide bonds. The fourth-order valence-corrected chi connectivity index (χ4v) is 2.10. The Morgan fingerprint density at radius 2 is 1.71 bits per heavy atom. The van der Waals surface area contributed by atoms with Gasteiger partial charge in [-0.15, -0.1) is 0 Å². The maximum Gasteiger partial charge on any atom is 0.223 e. The number of carbonyl (C=O) groups is 2. The van der Waals surface area contributed by atoms with Gasteiger partial charge in [0.25, 0.3) is 0 Å². The molecule has 0 unspecified atom stereocenters. The van der Waals surface area contributed by atoms with Crippen molar-refractivity contribution in [3.8, 4) is 0 Å². The lowest BCUT2D eigenvalue weighted by Gasteiger charge is -2.24. The second-order valence-electron chi connectivity index (χ2n) is 5.25. The summed E-state index contributed by atoms with van der Waals surface area (Å²) in [4.78, 5) is 25.3. The van der Waals surface area contributed by atoms with Crippen molar-refractivity contribution in [2.75, 3.05) is 54.1 Å². The molecule has 0 heterocycles. The van der Waals surface area contributed by atoms with Gasteiger partial charge < -0.3 is 19.7 Å². The van der Waals surface area contributed by atoms with Crippen LogP contribution in [0.15, 0.2) is 0 Å². The number of ketones is 1. The maximum absolute atomic E-state index is 12.4. The number of ether oxygens (including phenoxy) is 2. The smallest absolute Gasteiger partial charge is 0.223 e. The first-order valence-electron chi connectivity index (χ1n) is 7.44.